The number of carbonyl (C=O) groups is 1. The number of imidazole rings is 1. The summed E-state index contributed by atoms with van der Waals surface area (Å²) in [6, 6.07) is 0.942. The van der Waals surface area contributed by atoms with Gasteiger partial charge in [-0.3, -0.25) is 4.79 Å². The van der Waals surface area contributed by atoms with Gasteiger partial charge >= 0.3 is 0 Å². The molecule has 1 amide bonds. The average molecular weight is 220 g/mol. The van der Waals surface area contributed by atoms with Crippen LogP contribution in [0.1, 0.15) is 31.0 Å². The summed E-state index contributed by atoms with van der Waals surface area (Å²) >= 11 is 0. The molecule has 1 aliphatic heterocycles. The van der Waals surface area contributed by atoms with E-state index in [0.717, 1.165) is 13.1 Å². The van der Waals surface area contributed by atoms with E-state index in [4.69, 9.17) is 0 Å². The lowest BCUT2D eigenvalue weighted by molar-refractivity contribution is -0.119. The largest absolute Gasteiger partial charge is 0.354 e. The normalized spacial score (nSPS) is 24.8. The maximum absolute atomic E-state index is 11.2. The minimum absolute atomic E-state index is 0.139. The van der Waals surface area contributed by atoms with Gasteiger partial charge < -0.3 is 15.2 Å². The molecule has 0 bridgehead atoms. The van der Waals surface area contributed by atoms with Gasteiger partial charge in [-0.05, 0) is 12.8 Å². The molecular weight excluding hydrogens is 204 g/mol. The van der Waals surface area contributed by atoms with Crippen LogP contribution in [-0.2, 0) is 11.3 Å². The molecule has 16 heavy (non-hydrogen) atoms. The van der Waals surface area contributed by atoms with Crippen LogP contribution >= 0.6 is 0 Å². The summed E-state index contributed by atoms with van der Waals surface area (Å²) in [7, 11) is 0. The summed E-state index contributed by atoms with van der Waals surface area (Å²) in [6.45, 7) is 1.58. The van der Waals surface area contributed by atoms with Gasteiger partial charge in [0.1, 0.15) is 0 Å². The van der Waals surface area contributed by atoms with E-state index in [-0.39, 0.29) is 11.9 Å². The highest BCUT2D eigenvalue weighted by Gasteiger charge is 2.25. The zero-order valence-corrected chi connectivity index (χ0v) is 9.15. The van der Waals surface area contributed by atoms with Gasteiger partial charge in [0, 0.05) is 31.7 Å². The van der Waals surface area contributed by atoms with Crippen LogP contribution in [-0.4, -0.2) is 28.0 Å². The molecule has 86 valence electrons. The predicted octanol–water partition coefficient (Wildman–Crippen LogP) is 0.196. The van der Waals surface area contributed by atoms with Crippen molar-refractivity contribution in [3.05, 3.63) is 18.2 Å². The van der Waals surface area contributed by atoms with Gasteiger partial charge in [0.15, 0.2) is 0 Å². The molecule has 3 rings (SSSR count). The summed E-state index contributed by atoms with van der Waals surface area (Å²) in [6.07, 6.45) is 6.87. The van der Waals surface area contributed by atoms with Gasteiger partial charge in [0.05, 0.1) is 18.1 Å². The molecule has 1 aliphatic carbocycles. The number of hydrogen-bond donors (Lipinski definition) is 2. The smallest absolute Gasteiger partial charge is 0.222 e. The molecule has 1 saturated carbocycles. The SMILES string of the molecule is O=C1CC(n2cncc2CNC2CC2)CN1. The second-order valence-corrected chi connectivity index (χ2v) is 4.61. The van der Waals surface area contributed by atoms with Crippen LogP contribution in [0.15, 0.2) is 12.5 Å². The fourth-order valence-electron chi connectivity index (χ4n) is 2.12. The van der Waals surface area contributed by atoms with E-state index in [0.29, 0.717) is 12.5 Å². The highest BCUT2D eigenvalue weighted by atomic mass is 16.1. The Kier molecular flexibility index (Phi) is 2.40. The maximum Gasteiger partial charge on any atom is 0.222 e. The first-order valence-electron chi connectivity index (χ1n) is 5.84. The Labute approximate surface area is 94.2 Å². The van der Waals surface area contributed by atoms with Crippen LogP contribution in [0.3, 0.4) is 0 Å². The topological polar surface area (TPSA) is 59.0 Å². The highest BCUT2D eigenvalue weighted by molar-refractivity contribution is 5.78. The van der Waals surface area contributed by atoms with Crippen molar-refractivity contribution >= 4 is 5.91 Å². The summed E-state index contributed by atoms with van der Waals surface area (Å²) in [5.41, 5.74) is 1.17. The van der Waals surface area contributed by atoms with Gasteiger partial charge in [0.2, 0.25) is 5.91 Å². The Balaban J connectivity index is 1.68. The standard InChI is InChI=1S/C11H16N4O/c16-11-3-9(5-14-11)15-7-12-4-10(15)6-13-8-1-2-8/h4,7-9,13H,1-3,5-6H2,(H,14,16). The van der Waals surface area contributed by atoms with E-state index in [1.54, 1.807) is 0 Å². The summed E-state index contributed by atoms with van der Waals surface area (Å²) in [4.78, 5) is 15.3. The second kappa shape index (κ2) is 3.90. The molecule has 1 atom stereocenters. The van der Waals surface area contributed by atoms with Gasteiger partial charge in [0.25, 0.3) is 0 Å². The maximum atomic E-state index is 11.2. The lowest BCUT2D eigenvalue weighted by Gasteiger charge is -2.13. The Hall–Kier alpha value is -1.36. The summed E-state index contributed by atoms with van der Waals surface area (Å²) in [5, 5.41) is 6.32. The van der Waals surface area contributed by atoms with Crippen LogP contribution in [0.4, 0.5) is 0 Å². The van der Waals surface area contributed by atoms with Crippen LogP contribution in [0, 0.1) is 0 Å². The molecule has 1 saturated heterocycles. The second-order valence-electron chi connectivity index (χ2n) is 4.61. The molecule has 2 aliphatic rings. The lowest BCUT2D eigenvalue weighted by atomic mass is 10.2. The van der Waals surface area contributed by atoms with Gasteiger partial charge in [-0.1, -0.05) is 0 Å². The molecule has 0 aromatic carbocycles. The van der Waals surface area contributed by atoms with E-state index < -0.39 is 0 Å². The highest BCUT2D eigenvalue weighted by Crippen LogP contribution is 2.21. The first kappa shape index (κ1) is 9.84. The molecule has 2 N–H and O–H groups in total. The lowest BCUT2D eigenvalue weighted by Crippen LogP contribution is -2.21. The third kappa shape index (κ3) is 1.95. The van der Waals surface area contributed by atoms with Crippen molar-refractivity contribution in [2.45, 2.75) is 37.9 Å². The van der Waals surface area contributed by atoms with Crippen molar-refractivity contribution in [3.63, 3.8) is 0 Å². The Morgan fingerprint density at radius 1 is 1.56 bits per heavy atom. The van der Waals surface area contributed by atoms with Crippen molar-refractivity contribution < 1.29 is 4.79 Å². The van der Waals surface area contributed by atoms with Crippen LogP contribution in [0.5, 0.6) is 0 Å². The number of nitrogens with zero attached hydrogens (tertiary/aromatic N) is 2. The molecule has 1 aromatic heterocycles. The molecule has 0 spiro atoms. The predicted molar refractivity (Wildman–Crippen MR) is 58.8 cm³/mol. The zero-order valence-electron chi connectivity index (χ0n) is 9.15. The quantitative estimate of drug-likeness (QED) is 0.762. The van der Waals surface area contributed by atoms with Crippen LogP contribution in [0.25, 0.3) is 0 Å². The third-order valence-electron chi connectivity index (χ3n) is 3.24. The number of aromatic nitrogens is 2. The monoisotopic (exact) mass is 220 g/mol. The molecule has 5 heteroatoms. The van der Waals surface area contributed by atoms with Crippen molar-refractivity contribution in [1.82, 2.24) is 20.2 Å². The van der Waals surface area contributed by atoms with Gasteiger partial charge in [-0.15, -0.1) is 0 Å². The van der Waals surface area contributed by atoms with E-state index in [9.17, 15) is 4.79 Å². The van der Waals surface area contributed by atoms with Crippen LogP contribution < -0.4 is 10.6 Å². The first-order valence-corrected chi connectivity index (χ1v) is 5.84. The van der Waals surface area contributed by atoms with E-state index in [1.807, 2.05) is 12.5 Å². The zero-order chi connectivity index (χ0) is 11.0. The number of amides is 1. The number of rotatable bonds is 4. The Bertz CT molecular complexity index is 396. The van der Waals surface area contributed by atoms with Gasteiger partial charge in [-0.25, -0.2) is 4.98 Å². The average Bonchev–Trinajstić information content (AvgIpc) is 2.82. The van der Waals surface area contributed by atoms with Crippen LogP contribution in [0.2, 0.25) is 0 Å². The first-order chi connectivity index (χ1) is 7.83. The van der Waals surface area contributed by atoms with E-state index in [2.05, 4.69) is 20.2 Å². The van der Waals surface area contributed by atoms with Crippen molar-refractivity contribution in [2.75, 3.05) is 6.54 Å². The summed E-state index contributed by atoms with van der Waals surface area (Å²) in [5.74, 6) is 0.139. The molecule has 5 nitrogen and oxygen atoms in total. The Morgan fingerprint density at radius 3 is 3.12 bits per heavy atom. The molecule has 2 fully saturated rings. The minimum Gasteiger partial charge on any atom is -0.354 e. The molecular formula is C11H16N4O. The number of carbonyl (C=O) groups excluding carboxylic acids is 1. The molecule has 1 unspecified atom stereocenters. The minimum atomic E-state index is 0.139. The fourth-order valence-corrected chi connectivity index (χ4v) is 2.12. The van der Waals surface area contributed by atoms with Crippen molar-refractivity contribution in [2.24, 2.45) is 0 Å². The van der Waals surface area contributed by atoms with Crippen molar-refractivity contribution in [1.29, 1.82) is 0 Å². The molecule has 2 heterocycles. The molecule has 0 radical (unpaired) electrons. The summed E-state index contributed by atoms with van der Waals surface area (Å²) < 4.78 is 2.12. The van der Waals surface area contributed by atoms with E-state index in [1.165, 1.54) is 18.5 Å². The Morgan fingerprint density at radius 2 is 2.44 bits per heavy atom. The van der Waals surface area contributed by atoms with Crippen molar-refractivity contribution in [3.8, 4) is 0 Å². The van der Waals surface area contributed by atoms with Gasteiger partial charge in [-0.2, -0.15) is 0 Å². The van der Waals surface area contributed by atoms with E-state index >= 15 is 0 Å². The number of hydrogen-bond acceptors (Lipinski definition) is 3. The third-order valence-corrected chi connectivity index (χ3v) is 3.24. The number of nitrogens with one attached hydrogen (secondary N) is 2. The fraction of sp³-hybridized carbons (Fsp3) is 0.636. The molecule has 1 aromatic rings.